The quantitative estimate of drug-likeness (QED) is 0.297. The van der Waals surface area contributed by atoms with Gasteiger partial charge in [0.1, 0.15) is 0 Å². The molecule has 0 aromatic rings. The first-order valence-electron chi connectivity index (χ1n) is 7.24. The van der Waals surface area contributed by atoms with Crippen molar-refractivity contribution in [1.82, 2.24) is 26.0 Å². The van der Waals surface area contributed by atoms with Gasteiger partial charge in [0.25, 0.3) is 0 Å². The van der Waals surface area contributed by atoms with E-state index < -0.39 is 5.97 Å². The van der Waals surface area contributed by atoms with Crippen LogP contribution in [0.2, 0.25) is 0 Å². The highest BCUT2D eigenvalue weighted by molar-refractivity contribution is 5.69. The van der Waals surface area contributed by atoms with E-state index in [0.717, 1.165) is 32.7 Å². The smallest absolute Gasteiger partial charge is 0.317 e. The van der Waals surface area contributed by atoms with E-state index in [4.69, 9.17) is 10.4 Å². The summed E-state index contributed by atoms with van der Waals surface area (Å²) in [6.45, 7) is 7.34. The summed E-state index contributed by atoms with van der Waals surface area (Å²) >= 11 is 0. The minimum Gasteiger partial charge on any atom is -0.480 e. The Labute approximate surface area is 125 Å². The first kappa shape index (κ1) is 18.2. The molecule has 0 radical (unpaired) electrons. The molecule has 21 heavy (non-hydrogen) atoms. The van der Waals surface area contributed by atoms with Gasteiger partial charge in [0.2, 0.25) is 0 Å². The summed E-state index contributed by atoms with van der Waals surface area (Å²) in [5, 5.41) is 20.7. The van der Waals surface area contributed by atoms with Crippen LogP contribution in [0.25, 0.3) is 0 Å². The van der Waals surface area contributed by atoms with Gasteiger partial charge in [0, 0.05) is 45.3 Å². The van der Waals surface area contributed by atoms with Gasteiger partial charge in [-0.15, -0.1) is 0 Å². The second kappa shape index (κ2) is 10.9. The minimum absolute atomic E-state index is 0.0212. The molecule has 0 saturated carbocycles. The van der Waals surface area contributed by atoms with Crippen molar-refractivity contribution in [3.8, 4) is 0 Å². The zero-order chi connectivity index (χ0) is 15.5. The fourth-order valence-electron chi connectivity index (χ4n) is 2.21. The lowest BCUT2D eigenvalue weighted by molar-refractivity contribution is -0.250. The molecule has 0 aromatic carbocycles. The Bertz CT molecular complexity index is 281. The van der Waals surface area contributed by atoms with Gasteiger partial charge in [0.05, 0.1) is 19.8 Å². The van der Waals surface area contributed by atoms with E-state index in [1.165, 1.54) is 0 Å². The predicted octanol–water partition coefficient (Wildman–Crippen LogP) is -1.79. The molecule has 1 heterocycles. The number of carboxylic acids is 1. The lowest BCUT2D eigenvalue weighted by Crippen LogP contribution is -2.51. The molecular weight excluding hydrogens is 278 g/mol. The summed E-state index contributed by atoms with van der Waals surface area (Å²) in [5.74, 6) is -0.826. The van der Waals surface area contributed by atoms with Crippen molar-refractivity contribution in [2.24, 2.45) is 0 Å². The zero-order valence-electron chi connectivity index (χ0n) is 12.5. The van der Waals surface area contributed by atoms with Crippen LogP contribution >= 0.6 is 0 Å². The average molecular weight is 305 g/mol. The van der Waals surface area contributed by atoms with E-state index in [-0.39, 0.29) is 19.2 Å². The number of carboxylic acid groups (broad SMARTS) is 1. The van der Waals surface area contributed by atoms with Gasteiger partial charge < -0.3 is 10.4 Å². The maximum Gasteiger partial charge on any atom is 0.317 e. The van der Waals surface area contributed by atoms with Crippen LogP contribution in [0.1, 0.15) is 6.92 Å². The van der Waals surface area contributed by atoms with E-state index >= 15 is 0 Å². The molecule has 1 rings (SSSR count). The fraction of sp³-hybridized carbons (Fsp3) is 0.917. The summed E-state index contributed by atoms with van der Waals surface area (Å²) in [7, 11) is 0. The predicted molar refractivity (Wildman–Crippen MR) is 77.7 cm³/mol. The van der Waals surface area contributed by atoms with Crippen molar-refractivity contribution in [2.45, 2.75) is 13.0 Å². The normalized spacial score (nSPS) is 22.2. The van der Waals surface area contributed by atoms with Crippen LogP contribution in [0, 0.1) is 0 Å². The topological polar surface area (TPSA) is 109 Å². The molecule has 124 valence electrons. The first-order valence-corrected chi connectivity index (χ1v) is 7.24. The second-order valence-electron chi connectivity index (χ2n) is 5.14. The third kappa shape index (κ3) is 8.27. The van der Waals surface area contributed by atoms with E-state index in [0.29, 0.717) is 13.2 Å². The number of nitrogens with zero attached hydrogens (tertiary/aromatic N) is 2. The molecule has 1 aliphatic heterocycles. The van der Waals surface area contributed by atoms with Gasteiger partial charge in [-0.2, -0.15) is 0 Å². The third-order valence-electron chi connectivity index (χ3n) is 3.43. The maximum atomic E-state index is 10.8. The number of hydrogen-bond acceptors (Lipinski definition) is 8. The number of carbonyl (C=O) groups is 1. The molecule has 0 amide bonds. The fourth-order valence-corrected chi connectivity index (χ4v) is 2.21. The van der Waals surface area contributed by atoms with Crippen LogP contribution < -0.4 is 16.2 Å². The number of aliphatic carboxylic acids is 1. The van der Waals surface area contributed by atoms with Crippen molar-refractivity contribution in [1.29, 1.82) is 0 Å². The summed E-state index contributed by atoms with van der Waals surface area (Å²) in [4.78, 5) is 19.0. The second-order valence-corrected chi connectivity index (χ2v) is 5.14. The highest BCUT2D eigenvalue weighted by Gasteiger charge is 2.15. The monoisotopic (exact) mass is 305 g/mol. The van der Waals surface area contributed by atoms with Crippen LogP contribution in [-0.4, -0.2) is 91.3 Å². The van der Waals surface area contributed by atoms with E-state index in [1.807, 2.05) is 11.8 Å². The van der Waals surface area contributed by atoms with Crippen LogP contribution in [-0.2, 0) is 9.68 Å². The Morgan fingerprint density at radius 1 is 1.24 bits per heavy atom. The van der Waals surface area contributed by atoms with E-state index in [9.17, 15) is 4.79 Å². The molecular formula is C12H27N5O4. The largest absolute Gasteiger partial charge is 0.480 e. The maximum absolute atomic E-state index is 10.8. The first-order chi connectivity index (χ1) is 10.1. The molecule has 0 aliphatic carbocycles. The van der Waals surface area contributed by atoms with Gasteiger partial charge >= 0.3 is 5.97 Å². The lowest BCUT2D eigenvalue weighted by Gasteiger charge is -2.30. The highest BCUT2D eigenvalue weighted by Crippen LogP contribution is 1.98. The SMILES string of the molecule is CC(COO)N1CCNCCN(CC(=O)O)CNNCC1. The summed E-state index contributed by atoms with van der Waals surface area (Å²) in [6.07, 6.45) is 0. The van der Waals surface area contributed by atoms with Crippen LogP contribution in [0.15, 0.2) is 0 Å². The summed E-state index contributed by atoms with van der Waals surface area (Å²) in [6, 6.07) is 0.130. The molecule has 0 spiro atoms. The van der Waals surface area contributed by atoms with Gasteiger partial charge in [-0.1, -0.05) is 0 Å². The molecule has 9 heteroatoms. The third-order valence-corrected chi connectivity index (χ3v) is 3.43. The summed E-state index contributed by atoms with van der Waals surface area (Å²) < 4.78 is 0. The zero-order valence-corrected chi connectivity index (χ0v) is 12.5. The van der Waals surface area contributed by atoms with Crippen LogP contribution in [0.3, 0.4) is 0 Å². The van der Waals surface area contributed by atoms with Gasteiger partial charge in [0.15, 0.2) is 0 Å². The van der Waals surface area contributed by atoms with Gasteiger partial charge in [-0.3, -0.25) is 25.3 Å². The number of rotatable bonds is 5. The molecule has 9 nitrogen and oxygen atoms in total. The van der Waals surface area contributed by atoms with E-state index in [1.54, 1.807) is 0 Å². The van der Waals surface area contributed by atoms with Crippen molar-refractivity contribution < 1.29 is 20.0 Å². The molecule has 5 N–H and O–H groups in total. The Morgan fingerprint density at radius 3 is 2.67 bits per heavy atom. The number of hydrogen-bond donors (Lipinski definition) is 5. The van der Waals surface area contributed by atoms with Crippen LogP contribution in [0.5, 0.6) is 0 Å². The Kier molecular flexibility index (Phi) is 9.42. The van der Waals surface area contributed by atoms with Gasteiger partial charge in [-0.25, -0.2) is 10.3 Å². The number of nitrogens with one attached hydrogen (secondary N) is 3. The molecule has 1 aliphatic rings. The Hall–Kier alpha value is -0.810. The Balaban J connectivity index is 2.40. The molecule has 1 atom stereocenters. The number of hydrazine groups is 1. The van der Waals surface area contributed by atoms with Crippen molar-refractivity contribution in [2.75, 3.05) is 59.1 Å². The van der Waals surface area contributed by atoms with Crippen molar-refractivity contribution >= 4 is 5.97 Å². The van der Waals surface area contributed by atoms with Gasteiger partial charge in [-0.05, 0) is 6.92 Å². The lowest BCUT2D eigenvalue weighted by atomic mass is 10.3. The Morgan fingerprint density at radius 2 is 1.95 bits per heavy atom. The molecule has 0 aromatic heterocycles. The highest BCUT2D eigenvalue weighted by atomic mass is 17.1. The van der Waals surface area contributed by atoms with Crippen molar-refractivity contribution in [3.63, 3.8) is 0 Å². The summed E-state index contributed by atoms with van der Waals surface area (Å²) in [5.41, 5.74) is 6.11. The minimum atomic E-state index is -0.826. The molecule has 1 saturated heterocycles. The van der Waals surface area contributed by atoms with Crippen LogP contribution in [0.4, 0.5) is 0 Å². The van der Waals surface area contributed by atoms with Crippen molar-refractivity contribution in [3.05, 3.63) is 0 Å². The van der Waals surface area contributed by atoms with E-state index in [2.05, 4.69) is 26.0 Å². The molecule has 0 bridgehead atoms. The molecule has 1 fully saturated rings. The molecule has 1 unspecified atom stereocenters. The standard InChI is InChI=1S/C12H27N5O4/c1-11(9-21-20)17-6-3-13-2-5-16(8-12(18)19)10-15-14-4-7-17/h11,13-15,20H,2-10H2,1H3,(H,18,19). The average Bonchev–Trinajstić information content (AvgIpc) is 2.41.